The molecule has 0 fully saturated rings. The summed E-state index contributed by atoms with van der Waals surface area (Å²) < 4.78 is 4.36. The maximum atomic E-state index is 10.6. The van der Waals surface area contributed by atoms with Gasteiger partial charge >= 0.3 is 6.09 Å². The third-order valence-corrected chi connectivity index (χ3v) is 2.36. The van der Waals surface area contributed by atoms with E-state index in [0.29, 0.717) is 0 Å². The van der Waals surface area contributed by atoms with Crippen molar-refractivity contribution < 1.29 is 9.53 Å². The molecule has 0 bridgehead atoms. The van der Waals surface area contributed by atoms with E-state index in [-0.39, 0.29) is 0 Å². The van der Waals surface area contributed by atoms with Crippen LogP contribution in [0.3, 0.4) is 0 Å². The summed E-state index contributed by atoms with van der Waals surface area (Å²) in [5.41, 5.74) is 3.02. The monoisotopic (exact) mass is 198 g/mol. The molecule has 0 spiro atoms. The Morgan fingerprint density at radius 3 is 3.00 bits per heavy atom. The van der Waals surface area contributed by atoms with Gasteiger partial charge in [-0.1, -0.05) is 6.07 Å². The highest BCUT2D eigenvalue weighted by atomic mass is 32.1. The van der Waals surface area contributed by atoms with Crippen LogP contribution in [-0.2, 0) is 4.74 Å². The van der Waals surface area contributed by atoms with E-state index in [1.165, 1.54) is 7.11 Å². The van der Waals surface area contributed by atoms with Gasteiger partial charge in [0.25, 0.3) is 0 Å². The maximum absolute atomic E-state index is 10.6. The van der Waals surface area contributed by atoms with Crippen molar-refractivity contribution >= 4 is 23.1 Å². The number of nitrogens with zero attached hydrogens (tertiary/aromatic N) is 1. The Bertz CT molecular complexity index is 306. The van der Waals surface area contributed by atoms with Crippen LogP contribution in [0, 0.1) is 0 Å². The molecule has 0 atom stereocenters. The molecule has 0 unspecified atom stereocenters. The summed E-state index contributed by atoms with van der Waals surface area (Å²) in [7, 11) is 1.30. The predicted molar refractivity (Wildman–Crippen MR) is 52.1 cm³/mol. The zero-order valence-corrected chi connectivity index (χ0v) is 8.22. The van der Waals surface area contributed by atoms with Crippen molar-refractivity contribution in [1.29, 1.82) is 0 Å². The Morgan fingerprint density at radius 1 is 1.69 bits per heavy atom. The minimum absolute atomic E-state index is 0.559. The van der Waals surface area contributed by atoms with Crippen LogP contribution in [0.4, 0.5) is 4.79 Å². The van der Waals surface area contributed by atoms with Gasteiger partial charge in [-0.25, -0.2) is 10.2 Å². The van der Waals surface area contributed by atoms with Gasteiger partial charge in [0.15, 0.2) is 0 Å². The Labute approximate surface area is 80.2 Å². The second kappa shape index (κ2) is 4.61. The summed E-state index contributed by atoms with van der Waals surface area (Å²) in [4.78, 5) is 11.7. The van der Waals surface area contributed by atoms with Gasteiger partial charge in [0, 0.05) is 4.88 Å². The lowest BCUT2D eigenvalue weighted by atomic mass is 10.3. The van der Waals surface area contributed by atoms with Crippen LogP contribution in [0.1, 0.15) is 11.8 Å². The van der Waals surface area contributed by atoms with E-state index in [4.69, 9.17) is 0 Å². The first-order valence-corrected chi connectivity index (χ1v) is 4.54. The Morgan fingerprint density at radius 2 is 2.46 bits per heavy atom. The summed E-state index contributed by atoms with van der Waals surface area (Å²) in [5, 5.41) is 5.79. The van der Waals surface area contributed by atoms with Crippen molar-refractivity contribution in [3.63, 3.8) is 0 Å². The lowest BCUT2D eigenvalue weighted by Crippen LogP contribution is -2.18. The molecule has 1 amide bonds. The normalized spacial score (nSPS) is 11.1. The highest BCUT2D eigenvalue weighted by Gasteiger charge is 1.99. The molecule has 1 aromatic heterocycles. The van der Waals surface area contributed by atoms with Crippen molar-refractivity contribution in [3.05, 3.63) is 22.4 Å². The highest BCUT2D eigenvalue weighted by Crippen LogP contribution is 2.08. The van der Waals surface area contributed by atoms with Crippen molar-refractivity contribution in [2.75, 3.05) is 7.11 Å². The highest BCUT2D eigenvalue weighted by molar-refractivity contribution is 7.12. The van der Waals surface area contributed by atoms with E-state index in [9.17, 15) is 4.79 Å². The van der Waals surface area contributed by atoms with Crippen LogP contribution < -0.4 is 5.43 Å². The van der Waals surface area contributed by atoms with Gasteiger partial charge in [-0.2, -0.15) is 5.10 Å². The number of ether oxygens (including phenoxy) is 1. The fourth-order valence-electron chi connectivity index (χ4n) is 0.715. The average Bonchev–Trinajstić information content (AvgIpc) is 2.66. The first-order valence-electron chi connectivity index (χ1n) is 3.66. The van der Waals surface area contributed by atoms with E-state index in [0.717, 1.165) is 10.6 Å². The number of hydrogen-bond acceptors (Lipinski definition) is 4. The summed E-state index contributed by atoms with van der Waals surface area (Å²) in [6.07, 6.45) is -0.559. The lowest BCUT2D eigenvalue weighted by molar-refractivity contribution is 0.171. The molecule has 13 heavy (non-hydrogen) atoms. The molecule has 0 aliphatic heterocycles. The fraction of sp³-hybridized carbons (Fsp3) is 0.250. The molecule has 0 aliphatic rings. The molecule has 0 aliphatic carbocycles. The SMILES string of the molecule is COC(=O)N/N=C(\C)c1cccs1. The quantitative estimate of drug-likeness (QED) is 0.582. The summed E-state index contributed by atoms with van der Waals surface area (Å²) in [5.74, 6) is 0. The van der Waals surface area contributed by atoms with Crippen molar-refractivity contribution in [2.24, 2.45) is 5.10 Å². The summed E-state index contributed by atoms with van der Waals surface area (Å²) in [6.45, 7) is 1.82. The number of hydrogen-bond donors (Lipinski definition) is 1. The van der Waals surface area contributed by atoms with Gasteiger partial charge in [0.1, 0.15) is 0 Å². The number of thiophene rings is 1. The molecule has 0 saturated heterocycles. The van der Waals surface area contributed by atoms with E-state index < -0.39 is 6.09 Å². The van der Waals surface area contributed by atoms with Gasteiger partial charge < -0.3 is 4.74 Å². The van der Waals surface area contributed by atoms with Crippen LogP contribution in [-0.4, -0.2) is 18.9 Å². The van der Waals surface area contributed by atoms with Crippen molar-refractivity contribution in [1.82, 2.24) is 5.43 Å². The molecule has 0 saturated carbocycles. The van der Waals surface area contributed by atoms with Gasteiger partial charge in [-0.15, -0.1) is 11.3 Å². The molecule has 1 heterocycles. The van der Waals surface area contributed by atoms with Crippen molar-refractivity contribution in [3.8, 4) is 0 Å². The topological polar surface area (TPSA) is 50.7 Å². The van der Waals surface area contributed by atoms with E-state index in [1.54, 1.807) is 11.3 Å². The van der Waals surface area contributed by atoms with Crippen LogP contribution in [0.15, 0.2) is 22.6 Å². The molecule has 5 heteroatoms. The molecule has 4 nitrogen and oxygen atoms in total. The molecule has 1 N–H and O–H groups in total. The largest absolute Gasteiger partial charge is 0.452 e. The third kappa shape index (κ3) is 2.87. The average molecular weight is 198 g/mol. The molecule has 70 valence electrons. The van der Waals surface area contributed by atoms with Gasteiger partial charge in [-0.05, 0) is 18.4 Å². The minimum atomic E-state index is -0.559. The number of methoxy groups -OCH3 is 1. The molecule has 0 aromatic carbocycles. The van der Waals surface area contributed by atoms with Crippen LogP contribution in [0.5, 0.6) is 0 Å². The molecule has 1 rings (SSSR count). The van der Waals surface area contributed by atoms with Gasteiger partial charge in [0.05, 0.1) is 12.8 Å². The second-order valence-electron chi connectivity index (χ2n) is 2.28. The molecular formula is C8H10N2O2S. The summed E-state index contributed by atoms with van der Waals surface area (Å²) in [6, 6.07) is 3.86. The lowest BCUT2D eigenvalue weighted by Gasteiger charge is -1.98. The fourth-order valence-corrected chi connectivity index (χ4v) is 1.39. The second-order valence-corrected chi connectivity index (χ2v) is 3.23. The number of rotatable bonds is 2. The van der Waals surface area contributed by atoms with Crippen LogP contribution in [0.25, 0.3) is 0 Å². The smallest absolute Gasteiger partial charge is 0.427 e. The van der Waals surface area contributed by atoms with Crippen LogP contribution >= 0.6 is 11.3 Å². The van der Waals surface area contributed by atoms with E-state index in [2.05, 4.69) is 15.3 Å². The number of amides is 1. The zero-order valence-electron chi connectivity index (χ0n) is 7.40. The maximum Gasteiger partial charge on any atom is 0.427 e. The van der Waals surface area contributed by atoms with Gasteiger partial charge in [-0.3, -0.25) is 0 Å². The number of carbonyl (C=O) groups excluding carboxylic acids is 1. The molecule has 0 radical (unpaired) electrons. The third-order valence-electron chi connectivity index (χ3n) is 1.38. The Balaban J connectivity index is 2.57. The molecular weight excluding hydrogens is 188 g/mol. The predicted octanol–water partition coefficient (Wildman–Crippen LogP) is 1.83. The first kappa shape index (κ1) is 9.73. The van der Waals surface area contributed by atoms with Crippen LogP contribution in [0.2, 0.25) is 0 Å². The van der Waals surface area contributed by atoms with Crippen molar-refractivity contribution in [2.45, 2.75) is 6.92 Å². The first-order chi connectivity index (χ1) is 6.24. The van der Waals surface area contributed by atoms with E-state index >= 15 is 0 Å². The zero-order chi connectivity index (χ0) is 9.68. The Hall–Kier alpha value is -1.36. The number of carbonyl (C=O) groups is 1. The standard InChI is InChI=1S/C8H10N2O2S/c1-6(7-4-3-5-13-7)9-10-8(11)12-2/h3-5H,1-2H3,(H,10,11)/b9-6+. The Kier molecular flexibility index (Phi) is 3.45. The van der Waals surface area contributed by atoms with E-state index in [1.807, 2.05) is 24.4 Å². The number of nitrogens with one attached hydrogen (secondary N) is 1. The summed E-state index contributed by atoms with van der Waals surface area (Å²) >= 11 is 1.57. The van der Waals surface area contributed by atoms with Gasteiger partial charge in [0.2, 0.25) is 0 Å². The minimum Gasteiger partial charge on any atom is -0.452 e. The molecule has 1 aromatic rings. The number of hydrazone groups is 1.